The Morgan fingerprint density at radius 1 is 1.40 bits per heavy atom. The van der Waals surface area contributed by atoms with Crippen molar-refractivity contribution >= 4 is 0 Å². The van der Waals surface area contributed by atoms with Crippen LogP contribution >= 0.6 is 0 Å². The lowest BCUT2D eigenvalue weighted by molar-refractivity contribution is -0.0320. The lowest BCUT2D eigenvalue weighted by Crippen LogP contribution is -2.22. The average Bonchev–Trinajstić information content (AvgIpc) is 1.97. The Morgan fingerprint density at radius 3 is 2.00 bits per heavy atom. The minimum Gasteiger partial charge on any atom is -0.464 e. The topological polar surface area (TPSA) is 9.23 Å². The van der Waals surface area contributed by atoms with Gasteiger partial charge in [0.15, 0.2) is 0 Å². The van der Waals surface area contributed by atoms with E-state index in [1.165, 1.54) is 0 Å². The van der Waals surface area contributed by atoms with Crippen LogP contribution in [0.2, 0.25) is 0 Å². The van der Waals surface area contributed by atoms with E-state index in [9.17, 15) is 4.39 Å². The van der Waals surface area contributed by atoms with E-state index in [-0.39, 0.29) is 0 Å². The first-order valence-electron chi connectivity index (χ1n) is 3.45. The zero-order chi connectivity index (χ0) is 7.94. The summed E-state index contributed by atoms with van der Waals surface area (Å²) in [5, 5.41) is 0. The van der Waals surface area contributed by atoms with E-state index in [0.717, 1.165) is 11.3 Å². The Balaban J connectivity index is 2.94. The molecule has 1 atom stereocenters. The van der Waals surface area contributed by atoms with Crippen molar-refractivity contribution in [2.75, 3.05) is 0 Å². The highest BCUT2D eigenvalue weighted by Gasteiger charge is 2.40. The normalized spacial score (nSPS) is 30.7. The highest BCUT2D eigenvalue weighted by Crippen LogP contribution is 2.41. The van der Waals surface area contributed by atoms with E-state index in [1.807, 2.05) is 20.8 Å². The van der Waals surface area contributed by atoms with Gasteiger partial charge in [-0.2, -0.15) is 0 Å². The second-order valence-electron chi connectivity index (χ2n) is 3.34. The van der Waals surface area contributed by atoms with Gasteiger partial charge in [-0.05, 0) is 33.3 Å². The molecule has 58 valence electrons. The molecule has 0 aliphatic carbocycles. The van der Waals surface area contributed by atoms with Gasteiger partial charge < -0.3 is 4.74 Å². The van der Waals surface area contributed by atoms with Gasteiger partial charge in [0.1, 0.15) is 0 Å². The minimum atomic E-state index is -1.16. The third kappa shape index (κ3) is 0.825. The summed E-state index contributed by atoms with van der Waals surface area (Å²) in [5.74, 6) is 0.734. The zero-order valence-corrected chi connectivity index (χ0v) is 6.86. The Labute approximate surface area is 60.9 Å². The van der Waals surface area contributed by atoms with Crippen LogP contribution in [0.25, 0.3) is 0 Å². The van der Waals surface area contributed by atoms with E-state index >= 15 is 0 Å². The van der Waals surface area contributed by atoms with Crippen LogP contribution in [-0.2, 0) is 4.74 Å². The van der Waals surface area contributed by atoms with Crippen LogP contribution in [0.3, 0.4) is 0 Å². The van der Waals surface area contributed by atoms with Crippen LogP contribution in [0.4, 0.5) is 4.39 Å². The summed E-state index contributed by atoms with van der Waals surface area (Å²) in [5.41, 5.74) is 0.587. The summed E-state index contributed by atoms with van der Waals surface area (Å²) in [4.78, 5) is 0. The molecule has 0 N–H and O–H groups in total. The maximum absolute atomic E-state index is 12.9. The third-order valence-electron chi connectivity index (χ3n) is 2.34. The molecule has 0 aromatic heterocycles. The van der Waals surface area contributed by atoms with Crippen molar-refractivity contribution in [3.63, 3.8) is 0 Å². The Kier molecular flexibility index (Phi) is 1.50. The van der Waals surface area contributed by atoms with E-state index in [2.05, 4.69) is 0 Å². The zero-order valence-electron chi connectivity index (χ0n) is 6.86. The first-order valence-corrected chi connectivity index (χ1v) is 3.45. The summed E-state index contributed by atoms with van der Waals surface area (Å²) < 4.78 is 17.8. The van der Waals surface area contributed by atoms with E-state index in [4.69, 9.17) is 4.74 Å². The average molecular weight is 144 g/mol. The predicted molar refractivity (Wildman–Crippen MR) is 38.1 cm³/mol. The summed E-state index contributed by atoms with van der Waals surface area (Å²) in [6, 6.07) is 0. The van der Waals surface area contributed by atoms with Crippen molar-refractivity contribution in [3.8, 4) is 0 Å². The van der Waals surface area contributed by atoms with Gasteiger partial charge in [0.05, 0.1) is 11.2 Å². The van der Waals surface area contributed by atoms with Gasteiger partial charge in [-0.3, -0.25) is 0 Å². The minimum absolute atomic E-state index is 0.427. The molecule has 1 nitrogen and oxygen atoms in total. The largest absolute Gasteiger partial charge is 0.464 e. The Hall–Kier alpha value is -0.530. The van der Waals surface area contributed by atoms with Gasteiger partial charge in [0.25, 0.3) is 0 Å². The molecule has 0 bridgehead atoms. The lowest BCUT2D eigenvalue weighted by Gasteiger charge is -2.19. The summed E-state index contributed by atoms with van der Waals surface area (Å²) in [7, 11) is 0. The predicted octanol–water partition coefficient (Wildman–Crippen LogP) is 2.63. The molecule has 1 unspecified atom stereocenters. The first-order chi connectivity index (χ1) is 4.46. The van der Waals surface area contributed by atoms with Gasteiger partial charge in [0.2, 0.25) is 6.36 Å². The lowest BCUT2D eigenvalue weighted by atomic mass is 9.86. The third-order valence-corrected chi connectivity index (χ3v) is 2.34. The van der Waals surface area contributed by atoms with Gasteiger partial charge in [0, 0.05) is 0 Å². The number of hydrogen-bond donors (Lipinski definition) is 0. The number of halogens is 1. The molecular formula is C8H13FO. The van der Waals surface area contributed by atoms with Gasteiger partial charge in [-0.15, -0.1) is 0 Å². The number of rotatable bonds is 0. The van der Waals surface area contributed by atoms with Crippen LogP contribution in [-0.4, -0.2) is 6.36 Å². The van der Waals surface area contributed by atoms with Crippen molar-refractivity contribution in [1.29, 1.82) is 0 Å². The Bertz CT molecular complexity index is 182. The molecule has 0 aromatic rings. The molecule has 1 aliphatic heterocycles. The Morgan fingerprint density at radius 2 is 1.90 bits per heavy atom. The second-order valence-corrected chi connectivity index (χ2v) is 3.34. The standard InChI is InChI=1S/C8H13FO/c1-5-6(2)10-7(9)8(5,3)4/h7H,1-4H3. The fraction of sp³-hybridized carbons (Fsp3) is 0.750. The molecule has 1 rings (SSSR count). The highest BCUT2D eigenvalue weighted by atomic mass is 19.1. The van der Waals surface area contributed by atoms with Crippen LogP contribution in [0.1, 0.15) is 27.7 Å². The molecule has 0 amide bonds. The second kappa shape index (κ2) is 1.97. The highest BCUT2D eigenvalue weighted by molar-refractivity contribution is 5.18. The number of ether oxygens (including phenoxy) is 1. The molecule has 0 fully saturated rings. The number of hydrogen-bond acceptors (Lipinski definition) is 1. The van der Waals surface area contributed by atoms with Gasteiger partial charge in [-0.25, -0.2) is 4.39 Å². The van der Waals surface area contributed by atoms with Crippen molar-refractivity contribution < 1.29 is 9.13 Å². The summed E-state index contributed by atoms with van der Waals surface area (Å²) in [6.07, 6.45) is -1.16. The summed E-state index contributed by atoms with van der Waals surface area (Å²) in [6.45, 7) is 7.42. The maximum Gasteiger partial charge on any atom is 0.246 e. The van der Waals surface area contributed by atoms with E-state index in [1.54, 1.807) is 6.92 Å². The number of alkyl halides is 1. The summed E-state index contributed by atoms with van der Waals surface area (Å²) >= 11 is 0. The van der Waals surface area contributed by atoms with Crippen LogP contribution in [0.5, 0.6) is 0 Å². The van der Waals surface area contributed by atoms with Crippen LogP contribution < -0.4 is 0 Å². The quantitative estimate of drug-likeness (QED) is 0.507. The van der Waals surface area contributed by atoms with Crippen molar-refractivity contribution in [3.05, 3.63) is 11.3 Å². The molecule has 0 saturated carbocycles. The molecule has 2 heteroatoms. The molecule has 1 heterocycles. The molecule has 0 saturated heterocycles. The SMILES string of the molecule is CC1=C(C)C(C)(C)C(F)O1. The first kappa shape index (κ1) is 7.58. The van der Waals surface area contributed by atoms with Crippen LogP contribution in [0, 0.1) is 5.41 Å². The fourth-order valence-electron chi connectivity index (χ4n) is 1.01. The molecule has 0 aromatic carbocycles. The molecular weight excluding hydrogens is 131 g/mol. The van der Waals surface area contributed by atoms with Gasteiger partial charge >= 0.3 is 0 Å². The molecule has 0 spiro atoms. The molecule has 10 heavy (non-hydrogen) atoms. The van der Waals surface area contributed by atoms with Crippen molar-refractivity contribution in [2.45, 2.75) is 34.1 Å². The number of allylic oxidation sites excluding steroid dienone is 1. The maximum atomic E-state index is 12.9. The fourth-order valence-corrected chi connectivity index (χ4v) is 1.01. The smallest absolute Gasteiger partial charge is 0.246 e. The molecule has 0 radical (unpaired) electrons. The van der Waals surface area contributed by atoms with E-state index < -0.39 is 11.8 Å². The van der Waals surface area contributed by atoms with Crippen molar-refractivity contribution in [2.24, 2.45) is 5.41 Å². The van der Waals surface area contributed by atoms with Crippen LogP contribution in [0.15, 0.2) is 11.3 Å². The monoisotopic (exact) mass is 144 g/mol. The van der Waals surface area contributed by atoms with Crippen molar-refractivity contribution in [1.82, 2.24) is 0 Å². The van der Waals surface area contributed by atoms with Gasteiger partial charge in [-0.1, -0.05) is 0 Å². The van der Waals surface area contributed by atoms with E-state index in [0.29, 0.717) is 0 Å². The molecule has 1 aliphatic rings.